The standard InChI is InChI=1S/C16H23N3O/c1-3-17-13(2)8-6-7-11-19-16(20)15-10-5-4-9-14(15)12-18-19/h4-5,9-10,12-13,17H,3,6-8,11H2,1-2H3. The van der Waals surface area contributed by atoms with Gasteiger partial charge in [0.25, 0.3) is 5.56 Å². The van der Waals surface area contributed by atoms with E-state index in [1.165, 1.54) is 0 Å². The highest BCUT2D eigenvalue weighted by Gasteiger charge is 2.04. The van der Waals surface area contributed by atoms with Crippen LogP contribution in [0.3, 0.4) is 0 Å². The van der Waals surface area contributed by atoms with E-state index in [1.54, 1.807) is 10.9 Å². The molecule has 0 saturated heterocycles. The lowest BCUT2D eigenvalue weighted by molar-refractivity contribution is 0.468. The molecule has 2 rings (SSSR count). The largest absolute Gasteiger partial charge is 0.315 e. The molecule has 1 aromatic carbocycles. The molecule has 0 spiro atoms. The zero-order chi connectivity index (χ0) is 14.4. The summed E-state index contributed by atoms with van der Waals surface area (Å²) >= 11 is 0. The first-order chi connectivity index (χ1) is 9.72. The summed E-state index contributed by atoms with van der Waals surface area (Å²) in [5, 5.41) is 9.31. The van der Waals surface area contributed by atoms with Crippen molar-refractivity contribution in [1.29, 1.82) is 0 Å². The predicted octanol–water partition coefficient (Wildman–Crippen LogP) is 2.56. The van der Waals surface area contributed by atoms with Crippen LogP contribution in [0, 0.1) is 0 Å². The van der Waals surface area contributed by atoms with Crippen LogP contribution >= 0.6 is 0 Å². The van der Waals surface area contributed by atoms with E-state index in [-0.39, 0.29) is 5.56 Å². The highest BCUT2D eigenvalue weighted by molar-refractivity contribution is 5.80. The van der Waals surface area contributed by atoms with E-state index in [2.05, 4.69) is 24.3 Å². The Balaban J connectivity index is 1.94. The van der Waals surface area contributed by atoms with E-state index in [4.69, 9.17) is 0 Å². The minimum absolute atomic E-state index is 0.0165. The van der Waals surface area contributed by atoms with Crippen molar-refractivity contribution in [2.75, 3.05) is 6.54 Å². The van der Waals surface area contributed by atoms with Crippen LogP contribution in [0.5, 0.6) is 0 Å². The summed E-state index contributed by atoms with van der Waals surface area (Å²) in [7, 11) is 0. The number of rotatable bonds is 7. The lowest BCUT2D eigenvalue weighted by Gasteiger charge is -2.11. The molecule has 108 valence electrons. The van der Waals surface area contributed by atoms with Gasteiger partial charge in [-0.05, 0) is 32.4 Å². The molecule has 1 heterocycles. The molecule has 0 aliphatic rings. The van der Waals surface area contributed by atoms with E-state index in [0.717, 1.165) is 36.6 Å². The van der Waals surface area contributed by atoms with Gasteiger partial charge in [-0.1, -0.05) is 31.5 Å². The first-order valence-corrected chi connectivity index (χ1v) is 7.40. The van der Waals surface area contributed by atoms with Gasteiger partial charge in [-0.15, -0.1) is 0 Å². The van der Waals surface area contributed by atoms with Crippen LogP contribution in [0.1, 0.15) is 33.1 Å². The van der Waals surface area contributed by atoms with Gasteiger partial charge < -0.3 is 5.32 Å². The van der Waals surface area contributed by atoms with Crippen LogP contribution < -0.4 is 10.9 Å². The van der Waals surface area contributed by atoms with Crippen molar-refractivity contribution < 1.29 is 0 Å². The van der Waals surface area contributed by atoms with Gasteiger partial charge in [0.2, 0.25) is 0 Å². The summed E-state index contributed by atoms with van der Waals surface area (Å²) < 4.78 is 1.58. The maximum absolute atomic E-state index is 12.2. The second kappa shape index (κ2) is 7.20. The Morgan fingerprint density at radius 2 is 2.10 bits per heavy atom. The third kappa shape index (κ3) is 3.67. The lowest BCUT2D eigenvalue weighted by Crippen LogP contribution is -2.26. The summed E-state index contributed by atoms with van der Waals surface area (Å²) in [5.74, 6) is 0. The minimum Gasteiger partial charge on any atom is -0.315 e. The summed E-state index contributed by atoms with van der Waals surface area (Å²) in [6.45, 7) is 6.02. The van der Waals surface area contributed by atoms with Crippen LogP contribution in [0.2, 0.25) is 0 Å². The first-order valence-electron chi connectivity index (χ1n) is 7.40. The van der Waals surface area contributed by atoms with E-state index in [9.17, 15) is 4.79 Å². The average molecular weight is 273 g/mol. The zero-order valence-electron chi connectivity index (χ0n) is 12.3. The molecular weight excluding hydrogens is 250 g/mol. The van der Waals surface area contributed by atoms with Crippen molar-refractivity contribution in [3.63, 3.8) is 0 Å². The van der Waals surface area contributed by atoms with Crippen molar-refractivity contribution in [2.24, 2.45) is 0 Å². The Hall–Kier alpha value is -1.68. The fraction of sp³-hybridized carbons (Fsp3) is 0.500. The molecule has 0 saturated carbocycles. The number of aromatic nitrogens is 2. The molecule has 0 radical (unpaired) electrons. The fourth-order valence-electron chi connectivity index (χ4n) is 2.45. The number of aryl methyl sites for hydroxylation is 1. The molecule has 4 heteroatoms. The second-order valence-electron chi connectivity index (χ2n) is 5.21. The van der Waals surface area contributed by atoms with Gasteiger partial charge in [0, 0.05) is 18.0 Å². The molecule has 0 aliphatic heterocycles. The van der Waals surface area contributed by atoms with Crippen LogP contribution in [-0.2, 0) is 6.54 Å². The number of hydrogen-bond donors (Lipinski definition) is 1. The zero-order valence-corrected chi connectivity index (χ0v) is 12.3. The molecule has 1 aromatic heterocycles. The van der Waals surface area contributed by atoms with Gasteiger partial charge in [-0.25, -0.2) is 4.68 Å². The minimum atomic E-state index is 0.0165. The van der Waals surface area contributed by atoms with Crippen molar-refractivity contribution in [2.45, 2.75) is 45.7 Å². The molecule has 1 unspecified atom stereocenters. The van der Waals surface area contributed by atoms with Crippen molar-refractivity contribution >= 4 is 10.8 Å². The Kier molecular flexibility index (Phi) is 5.30. The van der Waals surface area contributed by atoms with Crippen LogP contribution in [0.4, 0.5) is 0 Å². The molecule has 0 fully saturated rings. The van der Waals surface area contributed by atoms with Crippen LogP contribution in [-0.4, -0.2) is 22.4 Å². The van der Waals surface area contributed by atoms with Gasteiger partial charge in [0.05, 0.1) is 11.6 Å². The fourth-order valence-corrected chi connectivity index (χ4v) is 2.45. The maximum atomic E-state index is 12.2. The number of nitrogens with zero attached hydrogens (tertiary/aromatic N) is 2. The number of benzene rings is 1. The van der Waals surface area contributed by atoms with Gasteiger partial charge in [-0.3, -0.25) is 4.79 Å². The Labute approximate surface area is 119 Å². The molecule has 1 atom stereocenters. The Morgan fingerprint density at radius 3 is 2.90 bits per heavy atom. The van der Waals surface area contributed by atoms with Crippen molar-refractivity contribution in [3.05, 3.63) is 40.8 Å². The third-order valence-electron chi connectivity index (χ3n) is 3.57. The SMILES string of the molecule is CCNC(C)CCCCn1ncc2ccccc2c1=O. The average Bonchev–Trinajstić information content (AvgIpc) is 2.46. The molecule has 1 N–H and O–H groups in total. The normalized spacial score (nSPS) is 12.7. The molecule has 2 aromatic rings. The molecule has 20 heavy (non-hydrogen) atoms. The summed E-state index contributed by atoms with van der Waals surface area (Å²) in [6.07, 6.45) is 5.00. The third-order valence-corrected chi connectivity index (χ3v) is 3.57. The number of hydrogen-bond acceptors (Lipinski definition) is 3. The maximum Gasteiger partial charge on any atom is 0.274 e. The van der Waals surface area contributed by atoms with Gasteiger partial charge in [0.1, 0.15) is 0 Å². The van der Waals surface area contributed by atoms with E-state index in [0.29, 0.717) is 12.6 Å². The molecular formula is C16H23N3O. The molecule has 4 nitrogen and oxygen atoms in total. The topological polar surface area (TPSA) is 46.9 Å². The van der Waals surface area contributed by atoms with Gasteiger partial charge in [0.15, 0.2) is 0 Å². The highest BCUT2D eigenvalue weighted by atomic mass is 16.1. The summed E-state index contributed by atoms with van der Waals surface area (Å²) in [5.41, 5.74) is 0.0165. The Bertz CT molecular complexity index is 606. The van der Waals surface area contributed by atoms with Crippen molar-refractivity contribution in [3.8, 4) is 0 Å². The van der Waals surface area contributed by atoms with Crippen LogP contribution in [0.25, 0.3) is 10.8 Å². The Morgan fingerprint density at radius 1 is 1.30 bits per heavy atom. The molecule has 0 bridgehead atoms. The number of fused-ring (bicyclic) bond motifs is 1. The second-order valence-corrected chi connectivity index (χ2v) is 5.21. The van der Waals surface area contributed by atoms with Gasteiger partial charge in [-0.2, -0.15) is 5.10 Å². The van der Waals surface area contributed by atoms with Gasteiger partial charge >= 0.3 is 0 Å². The molecule has 0 amide bonds. The number of nitrogens with one attached hydrogen (secondary N) is 1. The van der Waals surface area contributed by atoms with E-state index >= 15 is 0 Å². The summed E-state index contributed by atoms with van der Waals surface area (Å²) in [4.78, 5) is 12.2. The first kappa shape index (κ1) is 14.7. The van der Waals surface area contributed by atoms with E-state index in [1.807, 2.05) is 24.3 Å². The summed E-state index contributed by atoms with van der Waals surface area (Å²) in [6, 6.07) is 8.15. The molecule has 0 aliphatic carbocycles. The number of unbranched alkanes of at least 4 members (excludes halogenated alkanes) is 1. The smallest absolute Gasteiger partial charge is 0.274 e. The van der Waals surface area contributed by atoms with Crippen LogP contribution in [0.15, 0.2) is 35.3 Å². The lowest BCUT2D eigenvalue weighted by atomic mass is 10.1. The predicted molar refractivity (Wildman–Crippen MR) is 83.0 cm³/mol. The van der Waals surface area contributed by atoms with E-state index < -0.39 is 0 Å². The highest BCUT2D eigenvalue weighted by Crippen LogP contribution is 2.07. The quantitative estimate of drug-likeness (QED) is 0.789. The monoisotopic (exact) mass is 273 g/mol. The van der Waals surface area contributed by atoms with Crippen molar-refractivity contribution in [1.82, 2.24) is 15.1 Å².